The van der Waals surface area contributed by atoms with Crippen molar-refractivity contribution in [3.8, 4) is 0 Å². The molecule has 2 N–H and O–H groups in total. The fourth-order valence-corrected chi connectivity index (χ4v) is 5.26. The highest BCUT2D eigenvalue weighted by Gasteiger charge is 2.26. The number of nitrogens with zero attached hydrogens (tertiary/aromatic N) is 3. The molecule has 1 aliphatic heterocycles. The molecule has 1 saturated heterocycles. The molecule has 0 radical (unpaired) electrons. The van der Waals surface area contributed by atoms with Gasteiger partial charge in [-0.3, -0.25) is 0 Å². The number of aliphatic hydroxyl groups excluding tert-OH is 1. The van der Waals surface area contributed by atoms with Crippen LogP contribution in [0.5, 0.6) is 0 Å². The first kappa shape index (κ1) is 23.1. The van der Waals surface area contributed by atoms with Crippen LogP contribution in [0.4, 0.5) is 11.5 Å². The normalized spacial score (nSPS) is 17.1. The van der Waals surface area contributed by atoms with Gasteiger partial charge in [-0.25, -0.2) is 9.97 Å². The van der Waals surface area contributed by atoms with Crippen molar-refractivity contribution in [2.75, 3.05) is 43.1 Å². The Morgan fingerprint density at radius 1 is 1.12 bits per heavy atom. The molecule has 180 valence electrons. The summed E-state index contributed by atoms with van der Waals surface area (Å²) >= 11 is 0. The lowest BCUT2D eigenvalue weighted by atomic mass is 9.84. The first-order valence-corrected chi connectivity index (χ1v) is 12.5. The number of hydrogen-bond acceptors (Lipinski definition) is 6. The molecule has 1 aromatic heterocycles. The maximum absolute atomic E-state index is 9.83. The third-order valence-corrected chi connectivity index (χ3v) is 7.42. The number of ether oxygens (including phenoxy) is 1. The Kier molecular flexibility index (Phi) is 6.21. The number of hydrogen-bond donors (Lipinski definition) is 2. The molecule has 6 heteroatoms. The molecular formula is C28H36N4O2. The second-order valence-electron chi connectivity index (χ2n) is 10.4. The van der Waals surface area contributed by atoms with E-state index in [9.17, 15) is 5.11 Å². The Bertz CT molecular complexity index is 1200. The molecule has 6 nitrogen and oxygen atoms in total. The highest BCUT2D eigenvalue weighted by atomic mass is 16.5. The van der Waals surface area contributed by atoms with E-state index in [0.29, 0.717) is 0 Å². The van der Waals surface area contributed by atoms with Crippen molar-refractivity contribution in [1.82, 2.24) is 9.97 Å². The van der Waals surface area contributed by atoms with E-state index in [1.807, 2.05) is 6.92 Å². The van der Waals surface area contributed by atoms with Gasteiger partial charge >= 0.3 is 0 Å². The fraction of sp³-hybridized carbons (Fsp3) is 0.500. The molecule has 0 bridgehead atoms. The minimum Gasteiger partial charge on any atom is -0.395 e. The number of aliphatic hydroxyl groups is 1. The number of aryl methyl sites for hydroxylation is 2. The van der Waals surface area contributed by atoms with Gasteiger partial charge in [0.2, 0.25) is 0 Å². The number of benzene rings is 2. The fourth-order valence-electron chi connectivity index (χ4n) is 5.26. The van der Waals surface area contributed by atoms with Gasteiger partial charge in [0, 0.05) is 35.6 Å². The Labute approximate surface area is 202 Å². The lowest BCUT2D eigenvalue weighted by Gasteiger charge is -2.31. The zero-order valence-corrected chi connectivity index (χ0v) is 20.8. The van der Waals surface area contributed by atoms with Crippen molar-refractivity contribution in [2.45, 2.75) is 58.4 Å². The van der Waals surface area contributed by atoms with Gasteiger partial charge in [0.1, 0.15) is 11.6 Å². The third-order valence-electron chi connectivity index (χ3n) is 7.42. The molecule has 0 amide bonds. The SMILES string of the molecule is Cc1nc(N[C@H](C)c2cccc(C(C)(C)CO)c2)c2cc(N3CCOCC3)c3c(c2n1)CCC3. The summed E-state index contributed by atoms with van der Waals surface area (Å²) in [5.74, 6) is 1.69. The van der Waals surface area contributed by atoms with Crippen LogP contribution in [0.2, 0.25) is 0 Å². The molecule has 2 heterocycles. The largest absolute Gasteiger partial charge is 0.395 e. The van der Waals surface area contributed by atoms with Crippen LogP contribution in [0, 0.1) is 6.92 Å². The number of fused-ring (bicyclic) bond motifs is 3. The summed E-state index contributed by atoms with van der Waals surface area (Å²) in [6.07, 6.45) is 3.38. The molecule has 1 atom stereocenters. The predicted octanol–water partition coefficient (Wildman–Crippen LogP) is 4.71. The minimum absolute atomic E-state index is 0.0621. The molecule has 1 aliphatic carbocycles. The second kappa shape index (κ2) is 9.16. The van der Waals surface area contributed by atoms with E-state index in [1.165, 1.54) is 28.8 Å². The minimum atomic E-state index is -0.276. The Balaban J connectivity index is 1.55. The standard InChI is InChI=1S/C28H36N4O2/c1-18(20-7-5-8-21(15-20)28(3,4)17-33)29-27-24-16-25(32-11-13-34-14-12-32)22-9-6-10-23(22)26(24)30-19(2)31-27/h5,7-8,15-16,18,33H,6,9-14,17H2,1-4H3,(H,29,30,31)/t18-/m1/s1. The van der Waals surface area contributed by atoms with Crippen LogP contribution in [0.25, 0.3) is 10.9 Å². The van der Waals surface area contributed by atoms with E-state index in [-0.39, 0.29) is 18.1 Å². The van der Waals surface area contributed by atoms with Crippen LogP contribution in [0.3, 0.4) is 0 Å². The van der Waals surface area contributed by atoms with E-state index in [2.05, 4.69) is 61.3 Å². The van der Waals surface area contributed by atoms with Crippen LogP contribution >= 0.6 is 0 Å². The number of morpholine rings is 1. The van der Waals surface area contributed by atoms with E-state index in [4.69, 9.17) is 14.7 Å². The predicted molar refractivity (Wildman–Crippen MR) is 138 cm³/mol. The molecule has 3 aromatic rings. The zero-order valence-electron chi connectivity index (χ0n) is 20.8. The molecular weight excluding hydrogens is 424 g/mol. The Morgan fingerprint density at radius 2 is 1.88 bits per heavy atom. The summed E-state index contributed by atoms with van der Waals surface area (Å²) in [7, 11) is 0. The topological polar surface area (TPSA) is 70.5 Å². The van der Waals surface area contributed by atoms with Gasteiger partial charge in [0.25, 0.3) is 0 Å². The van der Waals surface area contributed by atoms with Gasteiger partial charge < -0.3 is 20.1 Å². The number of nitrogens with one attached hydrogen (secondary N) is 1. The monoisotopic (exact) mass is 460 g/mol. The van der Waals surface area contributed by atoms with Crippen LogP contribution < -0.4 is 10.2 Å². The van der Waals surface area contributed by atoms with Crippen LogP contribution in [-0.4, -0.2) is 48.0 Å². The van der Waals surface area contributed by atoms with Crippen LogP contribution in [0.15, 0.2) is 30.3 Å². The molecule has 2 aliphatic rings. The summed E-state index contributed by atoms with van der Waals surface area (Å²) in [6.45, 7) is 11.8. The first-order chi connectivity index (χ1) is 16.4. The van der Waals surface area contributed by atoms with E-state index in [1.54, 1.807) is 0 Å². The summed E-state index contributed by atoms with van der Waals surface area (Å²) in [5.41, 5.74) is 7.33. The van der Waals surface area contributed by atoms with Gasteiger partial charge in [-0.05, 0) is 61.4 Å². The first-order valence-electron chi connectivity index (χ1n) is 12.5. The molecule has 0 saturated carbocycles. The highest BCUT2D eigenvalue weighted by molar-refractivity contribution is 5.96. The maximum Gasteiger partial charge on any atom is 0.138 e. The highest BCUT2D eigenvalue weighted by Crippen LogP contribution is 2.39. The van der Waals surface area contributed by atoms with Crippen LogP contribution in [-0.2, 0) is 23.0 Å². The summed E-state index contributed by atoms with van der Waals surface area (Å²) in [4.78, 5) is 12.2. The van der Waals surface area contributed by atoms with Crippen molar-refractivity contribution in [1.29, 1.82) is 0 Å². The smallest absolute Gasteiger partial charge is 0.138 e. The lowest BCUT2D eigenvalue weighted by Crippen LogP contribution is -2.36. The van der Waals surface area contributed by atoms with Crippen LogP contribution in [0.1, 0.15) is 61.3 Å². The number of aromatic nitrogens is 2. The molecule has 34 heavy (non-hydrogen) atoms. The molecule has 1 fully saturated rings. The van der Waals surface area contributed by atoms with E-state index < -0.39 is 0 Å². The number of rotatable bonds is 6. The third kappa shape index (κ3) is 4.25. The summed E-state index contributed by atoms with van der Waals surface area (Å²) in [5, 5.41) is 14.6. The van der Waals surface area contributed by atoms with Crippen molar-refractivity contribution in [3.05, 3.63) is 58.4 Å². The lowest BCUT2D eigenvalue weighted by molar-refractivity contribution is 0.122. The average molecular weight is 461 g/mol. The van der Waals surface area contributed by atoms with Gasteiger partial charge in [-0.15, -0.1) is 0 Å². The van der Waals surface area contributed by atoms with E-state index >= 15 is 0 Å². The maximum atomic E-state index is 9.83. The zero-order chi connectivity index (χ0) is 23.9. The van der Waals surface area contributed by atoms with Crippen molar-refractivity contribution >= 4 is 22.4 Å². The molecule has 0 spiro atoms. The van der Waals surface area contributed by atoms with Gasteiger partial charge in [-0.2, -0.15) is 0 Å². The average Bonchev–Trinajstić information content (AvgIpc) is 3.35. The second-order valence-corrected chi connectivity index (χ2v) is 10.4. The summed E-state index contributed by atoms with van der Waals surface area (Å²) < 4.78 is 5.62. The number of anilines is 2. The quantitative estimate of drug-likeness (QED) is 0.555. The van der Waals surface area contributed by atoms with Crippen molar-refractivity contribution in [2.24, 2.45) is 0 Å². The van der Waals surface area contributed by atoms with E-state index in [0.717, 1.165) is 67.3 Å². The van der Waals surface area contributed by atoms with Gasteiger partial charge in [-0.1, -0.05) is 38.1 Å². The van der Waals surface area contributed by atoms with Gasteiger partial charge in [0.15, 0.2) is 0 Å². The summed E-state index contributed by atoms with van der Waals surface area (Å²) in [6, 6.07) is 10.9. The Hall–Kier alpha value is -2.70. The van der Waals surface area contributed by atoms with Crippen molar-refractivity contribution < 1.29 is 9.84 Å². The molecule has 2 aromatic carbocycles. The molecule has 5 rings (SSSR count). The van der Waals surface area contributed by atoms with Crippen molar-refractivity contribution in [3.63, 3.8) is 0 Å². The van der Waals surface area contributed by atoms with Gasteiger partial charge in [0.05, 0.1) is 25.3 Å². The Morgan fingerprint density at radius 3 is 2.65 bits per heavy atom. The molecule has 0 unspecified atom stereocenters.